The van der Waals surface area contributed by atoms with Gasteiger partial charge >= 0.3 is 5.97 Å². The number of hydrogen-bond donors (Lipinski definition) is 0. The van der Waals surface area contributed by atoms with Crippen molar-refractivity contribution in [3.05, 3.63) is 69.6 Å². The summed E-state index contributed by atoms with van der Waals surface area (Å²) in [4.78, 5) is 16.2. The van der Waals surface area contributed by atoms with Gasteiger partial charge in [0.2, 0.25) is 5.90 Å². The second-order valence-corrected chi connectivity index (χ2v) is 5.65. The van der Waals surface area contributed by atoms with E-state index in [0.717, 1.165) is 4.47 Å². The van der Waals surface area contributed by atoms with Gasteiger partial charge in [-0.2, -0.15) is 0 Å². The normalized spacial score (nSPS) is 15.5. The highest BCUT2D eigenvalue weighted by Gasteiger charge is 2.26. The predicted molar refractivity (Wildman–Crippen MR) is 87.7 cm³/mol. The zero-order chi connectivity index (χ0) is 16.4. The first kappa shape index (κ1) is 15.4. The third-order valence-electron chi connectivity index (χ3n) is 3.16. The number of halogens is 2. The van der Waals surface area contributed by atoms with Crippen LogP contribution in [0.2, 0.25) is 0 Å². The molecule has 23 heavy (non-hydrogen) atoms. The number of cyclic esters (lactones) is 1. The molecule has 0 atom stereocenters. The summed E-state index contributed by atoms with van der Waals surface area (Å²) in [5.41, 5.74) is 1.19. The van der Waals surface area contributed by atoms with Crippen LogP contribution in [0.5, 0.6) is 5.75 Å². The fourth-order valence-electron chi connectivity index (χ4n) is 2.13. The lowest BCUT2D eigenvalue weighted by atomic mass is 10.2. The average molecular weight is 376 g/mol. The van der Waals surface area contributed by atoms with Crippen molar-refractivity contribution in [1.29, 1.82) is 0 Å². The van der Waals surface area contributed by atoms with Crippen LogP contribution in [0.15, 0.2) is 57.6 Å². The molecule has 0 radical (unpaired) electrons. The molecule has 0 N–H and O–H groups in total. The summed E-state index contributed by atoms with van der Waals surface area (Å²) in [6, 6.07) is 11.2. The van der Waals surface area contributed by atoms with Gasteiger partial charge in [-0.1, -0.05) is 28.1 Å². The Hall–Kier alpha value is -2.47. The van der Waals surface area contributed by atoms with Crippen LogP contribution in [0.3, 0.4) is 0 Å². The van der Waals surface area contributed by atoms with Gasteiger partial charge in [0.05, 0.1) is 12.7 Å². The molecule has 0 spiro atoms. The van der Waals surface area contributed by atoms with Gasteiger partial charge in [0.15, 0.2) is 5.70 Å². The Balaban J connectivity index is 2.00. The summed E-state index contributed by atoms with van der Waals surface area (Å²) in [6.45, 7) is 0. The summed E-state index contributed by atoms with van der Waals surface area (Å²) < 4.78 is 24.5. The molecule has 1 heterocycles. The minimum Gasteiger partial charge on any atom is -0.496 e. The van der Waals surface area contributed by atoms with E-state index >= 15 is 0 Å². The van der Waals surface area contributed by atoms with Gasteiger partial charge in [-0.3, -0.25) is 0 Å². The van der Waals surface area contributed by atoms with Gasteiger partial charge in [-0.05, 0) is 42.0 Å². The highest BCUT2D eigenvalue weighted by Crippen LogP contribution is 2.28. The Kier molecular flexibility index (Phi) is 4.25. The topological polar surface area (TPSA) is 47.9 Å². The minimum atomic E-state index is -0.591. The van der Waals surface area contributed by atoms with Crippen molar-refractivity contribution in [2.24, 2.45) is 4.99 Å². The van der Waals surface area contributed by atoms with Crippen LogP contribution in [0.25, 0.3) is 6.08 Å². The number of esters is 1. The third kappa shape index (κ3) is 3.32. The Morgan fingerprint density at radius 2 is 2.09 bits per heavy atom. The molecule has 0 saturated carbocycles. The number of rotatable bonds is 3. The number of hydrogen-bond acceptors (Lipinski definition) is 4. The van der Waals surface area contributed by atoms with Crippen molar-refractivity contribution in [2.45, 2.75) is 0 Å². The Bertz CT molecular complexity index is 845. The summed E-state index contributed by atoms with van der Waals surface area (Å²) in [7, 11) is 1.52. The summed E-state index contributed by atoms with van der Waals surface area (Å²) in [5.74, 6) is -0.294. The van der Waals surface area contributed by atoms with Crippen LogP contribution in [0.4, 0.5) is 4.39 Å². The summed E-state index contributed by atoms with van der Waals surface area (Å²) in [6.07, 6.45) is 1.48. The van der Waals surface area contributed by atoms with Gasteiger partial charge in [-0.15, -0.1) is 0 Å². The highest BCUT2D eigenvalue weighted by atomic mass is 79.9. The van der Waals surface area contributed by atoms with Crippen molar-refractivity contribution in [3.63, 3.8) is 0 Å². The molecular weight excluding hydrogens is 365 g/mol. The Labute approximate surface area is 140 Å². The van der Waals surface area contributed by atoms with Gasteiger partial charge in [0.1, 0.15) is 11.6 Å². The SMILES string of the molecule is COc1ccc(Br)cc1C1=NC(=Cc2cccc(F)c2)C(=O)O1. The standard InChI is InChI=1S/C17H11BrFNO3/c1-22-15-6-5-11(18)9-13(15)16-20-14(17(21)23-16)8-10-3-2-4-12(19)7-10/h2-9H,1H3. The van der Waals surface area contributed by atoms with Crippen LogP contribution in [0.1, 0.15) is 11.1 Å². The fraction of sp³-hybridized carbons (Fsp3) is 0.0588. The molecule has 2 aromatic carbocycles. The maximum atomic E-state index is 13.2. The van der Waals surface area contributed by atoms with Crippen molar-refractivity contribution in [3.8, 4) is 5.75 Å². The van der Waals surface area contributed by atoms with E-state index in [0.29, 0.717) is 16.9 Å². The van der Waals surface area contributed by atoms with Crippen LogP contribution in [0, 0.1) is 5.82 Å². The second-order valence-electron chi connectivity index (χ2n) is 4.74. The van der Waals surface area contributed by atoms with Gasteiger partial charge < -0.3 is 9.47 Å². The van der Waals surface area contributed by atoms with E-state index in [1.54, 1.807) is 24.3 Å². The maximum absolute atomic E-state index is 13.2. The number of nitrogens with zero attached hydrogens (tertiary/aromatic N) is 1. The molecule has 1 aliphatic heterocycles. The van der Waals surface area contributed by atoms with Crippen molar-refractivity contribution >= 4 is 33.9 Å². The number of benzene rings is 2. The number of carbonyl (C=O) groups is 1. The number of ether oxygens (including phenoxy) is 2. The number of aliphatic imine (C=N–C) groups is 1. The summed E-state index contributed by atoms with van der Waals surface area (Å²) in [5, 5.41) is 0. The van der Waals surface area contributed by atoms with Crippen LogP contribution < -0.4 is 4.74 Å². The summed E-state index contributed by atoms with van der Waals surface area (Å²) >= 11 is 3.36. The molecule has 0 saturated heterocycles. The maximum Gasteiger partial charge on any atom is 0.363 e. The fourth-order valence-corrected chi connectivity index (χ4v) is 2.49. The molecular formula is C17H11BrFNO3. The average Bonchev–Trinajstić information content (AvgIpc) is 2.88. The predicted octanol–water partition coefficient (Wildman–Crippen LogP) is 3.94. The lowest BCUT2D eigenvalue weighted by Crippen LogP contribution is -2.07. The van der Waals surface area contributed by atoms with Crippen molar-refractivity contribution in [1.82, 2.24) is 0 Å². The first-order valence-corrected chi connectivity index (χ1v) is 7.48. The first-order chi connectivity index (χ1) is 11.1. The third-order valence-corrected chi connectivity index (χ3v) is 3.66. The van der Waals surface area contributed by atoms with Crippen LogP contribution in [-0.2, 0) is 9.53 Å². The molecule has 4 nitrogen and oxygen atoms in total. The Morgan fingerprint density at radius 3 is 2.83 bits per heavy atom. The molecule has 3 rings (SSSR count). The molecule has 2 aromatic rings. The zero-order valence-electron chi connectivity index (χ0n) is 12.0. The van der Waals surface area contributed by atoms with E-state index in [9.17, 15) is 9.18 Å². The van der Waals surface area contributed by atoms with Crippen LogP contribution >= 0.6 is 15.9 Å². The molecule has 116 valence electrons. The lowest BCUT2D eigenvalue weighted by Gasteiger charge is -2.07. The van der Waals surface area contributed by atoms with Crippen LogP contribution in [-0.4, -0.2) is 19.0 Å². The van der Waals surface area contributed by atoms with Crippen molar-refractivity contribution < 1.29 is 18.7 Å². The molecule has 0 bridgehead atoms. The van der Waals surface area contributed by atoms with Gasteiger partial charge in [-0.25, -0.2) is 14.2 Å². The van der Waals surface area contributed by atoms with E-state index < -0.39 is 5.97 Å². The smallest absolute Gasteiger partial charge is 0.363 e. The molecule has 0 aromatic heterocycles. The lowest BCUT2D eigenvalue weighted by molar-refractivity contribution is -0.129. The van der Waals surface area contributed by atoms with Gasteiger partial charge in [0, 0.05) is 4.47 Å². The van der Waals surface area contributed by atoms with E-state index in [1.165, 1.54) is 25.3 Å². The monoisotopic (exact) mass is 375 g/mol. The molecule has 1 aliphatic rings. The Morgan fingerprint density at radius 1 is 1.26 bits per heavy atom. The molecule has 0 unspecified atom stereocenters. The zero-order valence-corrected chi connectivity index (χ0v) is 13.6. The molecule has 0 fully saturated rings. The first-order valence-electron chi connectivity index (χ1n) is 6.69. The van der Waals surface area contributed by atoms with E-state index in [1.807, 2.05) is 6.07 Å². The number of carbonyl (C=O) groups excluding carboxylic acids is 1. The highest BCUT2D eigenvalue weighted by molar-refractivity contribution is 9.10. The largest absolute Gasteiger partial charge is 0.496 e. The molecule has 6 heteroatoms. The second kappa shape index (κ2) is 6.34. The van der Waals surface area contributed by atoms with E-state index in [2.05, 4.69) is 20.9 Å². The molecule has 0 aliphatic carbocycles. The van der Waals surface area contributed by atoms with E-state index in [4.69, 9.17) is 9.47 Å². The van der Waals surface area contributed by atoms with E-state index in [-0.39, 0.29) is 17.4 Å². The van der Waals surface area contributed by atoms with Crippen molar-refractivity contribution in [2.75, 3.05) is 7.11 Å². The molecule has 0 amide bonds. The minimum absolute atomic E-state index is 0.104. The quantitative estimate of drug-likeness (QED) is 0.602. The number of methoxy groups -OCH3 is 1. The van der Waals surface area contributed by atoms with Gasteiger partial charge in [0.25, 0.3) is 0 Å².